The average molecular weight is 698 g/mol. The van der Waals surface area contributed by atoms with Gasteiger partial charge in [0.1, 0.15) is 22.6 Å². The van der Waals surface area contributed by atoms with Crippen molar-refractivity contribution in [3.05, 3.63) is 97.3 Å². The number of nitrogens with zero attached hydrogens (tertiary/aromatic N) is 3. The second kappa shape index (κ2) is 11.9. The summed E-state index contributed by atoms with van der Waals surface area (Å²) in [5, 5.41) is 2.99. The minimum Gasteiger partial charge on any atom is -0.483 e. The van der Waals surface area contributed by atoms with Crippen LogP contribution in [0.25, 0.3) is 22.3 Å². The predicted molar refractivity (Wildman–Crippen MR) is 155 cm³/mol. The zero-order valence-corrected chi connectivity index (χ0v) is 26.0. The van der Waals surface area contributed by atoms with Crippen molar-refractivity contribution in [3.8, 4) is 22.8 Å². The molecule has 246 valence electrons. The number of hydrogen-bond acceptors (Lipinski definition) is 9. The molecule has 0 unspecified atom stereocenters. The van der Waals surface area contributed by atoms with Crippen LogP contribution in [0.15, 0.2) is 44.7 Å². The summed E-state index contributed by atoms with van der Waals surface area (Å²) >= 11 is 5.89. The third-order valence-corrected chi connectivity index (χ3v) is 8.77. The first-order valence-electron chi connectivity index (χ1n) is 13.7. The number of halogens is 6. The Kier molecular flexibility index (Phi) is 8.22. The van der Waals surface area contributed by atoms with Gasteiger partial charge >= 0.3 is 10.1 Å². The summed E-state index contributed by atoms with van der Waals surface area (Å²) in [5.74, 6) is -14.8. The molecular weight excluding hydrogens is 677 g/mol. The van der Waals surface area contributed by atoms with Crippen molar-refractivity contribution >= 4 is 32.7 Å². The molecule has 10 nitrogen and oxygen atoms in total. The molecular formula is C30H21ClF5N3O7S. The van der Waals surface area contributed by atoms with Crippen molar-refractivity contribution in [2.45, 2.75) is 45.1 Å². The van der Waals surface area contributed by atoms with Gasteiger partial charge in [-0.15, -0.1) is 0 Å². The first-order chi connectivity index (χ1) is 22.2. The van der Waals surface area contributed by atoms with E-state index in [0.29, 0.717) is 35.5 Å². The summed E-state index contributed by atoms with van der Waals surface area (Å²) < 4.78 is 120. The molecule has 0 radical (unpaired) electrons. The van der Waals surface area contributed by atoms with Crippen molar-refractivity contribution in [1.29, 1.82) is 0 Å². The molecule has 0 bridgehead atoms. The summed E-state index contributed by atoms with van der Waals surface area (Å²) in [6.45, 7) is 6.02. The topological polar surface area (TPSA) is 123 Å². The number of pyridine rings is 1. The van der Waals surface area contributed by atoms with Gasteiger partial charge in [0, 0.05) is 11.1 Å². The van der Waals surface area contributed by atoms with Crippen LogP contribution >= 0.6 is 11.6 Å². The van der Waals surface area contributed by atoms with Crippen LogP contribution in [0.4, 0.5) is 22.0 Å². The van der Waals surface area contributed by atoms with Crippen molar-refractivity contribution in [3.63, 3.8) is 0 Å². The van der Waals surface area contributed by atoms with E-state index in [9.17, 15) is 35.2 Å². The maximum Gasteiger partial charge on any atom is 0.360 e. The lowest BCUT2D eigenvalue weighted by Crippen LogP contribution is -2.18. The number of fused-ring (bicyclic) bond motifs is 2. The molecule has 6 rings (SSSR count). The van der Waals surface area contributed by atoms with Gasteiger partial charge in [-0.1, -0.05) is 11.6 Å². The lowest BCUT2D eigenvalue weighted by Gasteiger charge is -2.20. The Hall–Kier alpha value is -4.54. The van der Waals surface area contributed by atoms with E-state index >= 15 is 0 Å². The van der Waals surface area contributed by atoms with E-state index in [2.05, 4.69) is 14.3 Å². The minimum atomic E-state index is -5.44. The van der Waals surface area contributed by atoms with E-state index in [0.717, 1.165) is 12.1 Å². The van der Waals surface area contributed by atoms with E-state index in [-0.39, 0.29) is 34.3 Å². The summed E-state index contributed by atoms with van der Waals surface area (Å²) in [4.78, 5) is 17.2. The Labute approximate surface area is 267 Å². The van der Waals surface area contributed by atoms with E-state index in [1.165, 1.54) is 6.92 Å². The Morgan fingerprint density at radius 3 is 2.40 bits per heavy atom. The Bertz CT molecular complexity index is 2250. The monoisotopic (exact) mass is 697 g/mol. The highest BCUT2D eigenvalue weighted by Gasteiger charge is 2.34. The van der Waals surface area contributed by atoms with E-state index in [4.69, 9.17) is 25.5 Å². The van der Waals surface area contributed by atoms with Gasteiger partial charge < -0.3 is 18.1 Å². The molecule has 3 aromatic heterocycles. The third kappa shape index (κ3) is 5.59. The maximum absolute atomic E-state index is 14.3. The predicted octanol–water partition coefficient (Wildman–Crippen LogP) is 6.46. The molecule has 4 heterocycles. The number of hydrogen-bond donors (Lipinski definition) is 0. The quantitative estimate of drug-likeness (QED) is 0.0620. The molecule has 47 heavy (non-hydrogen) atoms. The van der Waals surface area contributed by atoms with Crippen LogP contribution in [0, 0.1) is 42.9 Å². The molecule has 0 amide bonds. The maximum atomic E-state index is 14.3. The number of aryl methyl sites for hydroxylation is 1. The van der Waals surface area contributed by atoms with Crippen molar-refractivity contribution < 1.29 is 48.4 Å². The van der Waals surface area contributed by atoms with Crippen LogP contribution in [0.3, 0.4) is 0 Å². The first-order valence-corrected chi connectivity index (χ1v) is 15.5. The molecule has 1 atom stereocenters. The summed E-state index contributed by atoms with van der Waals surface area (Å²) in [6, 6.07) is 5.42. The van der Waals surface area contributed by atoms with Crippen LogP contribution in [0.2, 0.25) is 5.15 Å². The second-order valence-corrected chi connectivity index (χ2v) is 12.4. The fourth-order valence-electron chi connectivity index (χ4n) is 5.13. The highest BCUT2D eigenvalue weighted by molar-refractivity contribution is 7.87. The van der Waals surface area contributed by atoms with E-state index in [1.807, 2.05) is 0 Å². The zero-order valence-electron chi connectivity index (χ0n) is 24.5. The van der Waals surface area contributed by atoms with E-state index < -0.39 is 67.0 Å². The Balaban J connectivity index is 1.43. The summed E-state index contributed by atoms with van der Waals surface area (Å²) in [7, 11) is -5.44. The standard InChI is InChI=1S/C30H21ClF5N3O7S/c1-12-8-15(28-16(9-12)26(40)13(2)27(45-28)17-10-37-39-6-7-43-11-18(17)39)14(3)44-19-4-5-20(31)38-30(19)47(41,42)46-29-24(35)22(33)21(32)23(34)25(29)36/h4-5,8-10,14H,6-7,11H2,1-3H3/t14-/m1/s1. The Morgan fingerprint density at radius 2 is 1.70 bits per heavy atom. The SMILES string of the molecule is Cc1cc([C@@H](C)Oc2ccc(Cl)nc2S(=O)(=O)Oc2c(F)c(F)c(F)c(F)c2F)c2oc(-c3cnn4c3COCC4)c(C)c(=O)c2c1. The smallest absolute Gasteiger partial charge is 0.360 e. The van der Waals surface area contributed by atoms with Crippen molar-refractivity contribution in [2.24, 2.45) is 0 Å². The average Bonchev–Trinajstić information content (AvgIpc) is 3.47. The molecule has 1 aliphatic rings. The van der Waals surface area contributed by atoms with Gasteiger partial charge in [0.25, 0.3) is 0 Å². The normalized spacial score (nSPS) is 13.9. The van der Waals surface area contributed by atoms with Crippen molar-refractivity contribution in [1.82, 2.24) is 14.8 Å². The van der Waals surface area contributed by atoms with Crippen molar-refractivity contribution in [2.75, 3.05) is 6.61 Å². The second-order valence-electron chi connectivity index (χ2n) is 10.5. The molecule has 1 aliphatic heterocycles. The summed E-state index contributed by atoms with van der Waals surface area (Å²) in [6.07, 6.45) is 0.460. The number of benzene rings is 2. The number of rotatable bonds is 7. The largest absolute Gasteiger partial charge is 0.483 e. The van der Waals surface area contributed by atoms with Crippen LogP contribution in [-0.4, -0.2) is 29.8 Å². The lowest BCUT2D eigenvalue weighted by atomic mass is 10.00. The van der Waals surface area contributed by atoms with Gasteiger partial charge in [-0.25, -0.2) is 18.2 Å². The van der Waals surface area contributed by atoms with Gasteiger partial charge in [-0.3, -0.25) is 9.48 Å². The highest BCUT2D eigenvalue weighted by atomic mass is 35.5. The Morgan fingerprint density at radius 1 is 1.02 bits per heavy atom. The molecule has 2 aromatic carbocycles. The highest BCUT2D eigenvalue weighted by Crippen LogP contribution is 2.37. The fourth-order valence-corrected chi connectivity index (χ4v) is 6.34. The van der Waals surface area contributed by atoms with Crippen LogP contribution < -0.4 is 14.3 Å². The first kappa shape index (κ1) is 32.4. The molecule has 0 saturated carbocycles. The molecule has 17 heteroatoms. The third-order valence-electron chi connectivity index (χ3n) is 7.40. The van der Waals surface area contributed by atoms with Gasteiger partial charge in [-0.05, 0) is 50.6 Å². The molecule has 0 saturated heterocycles. The van der Waals surface area contributed by atoms with Crippen LogP contribution in [-0.2, 0) is 28.0 Å². The molecule has 5 aromatic rings. The van der Waals surface area contributed by atoms with Gasteiger partial charge in [-0.2, -0.15) is 22.3 Å². The fraction of sp³-hybridized carbons (Fsp3) is 0.233. The summed E-state index contributed by atoms with van der Waals surface area (Å²) in [5.41, 5.74) is 2.23. The van der Waals surface area contributed by atoms with Gasteiger partial charge in [0.05, 0.1) is 42.6 Å². The number of ether oxygens (including phenoxy) is 2. The van der Waals surface area contributed by atoms with Gasteiger partial charge in [0.2, 0.25) is 39.9 Å². The molecule has 0 spiro atoms. The zero-order chi connectivity index (χ0) is 33.9. The van der Waals surface area contributed by atoms with E-state index in [1.54, 1.807) is 36.9 Å². The van der Waals surface area contributed by atoms with Crippen LogP contribution in [0.1, 0.15) is 35.4 Å². The molecule has 0 fully saturated rings. The van der Waals surface area contributed by atoms with Gasteiger partial charge in [0.15, 0.2) is 11.2 Å². The molecule has 0 N–H and O–H groups in total. The molecule has 0 aliphatic carbocycles. The lowest BCUT2D eigenvalue weighted by molar-refractivity contribution is 0.0803. The minimum absolute atomic E-state index is 0.106. The van der Waals surface area contributed by atoms with Crippen LogP contribution in [0.5, 0.6) is 11.5 Å². The number of aromatic nitrogens is 3.